The fraction of sp³-hybridized carbons (Fsp3) is 0.409. The Bertz CT molecular complexity index is 997. The van der Waals surface area contributed by atoms with E-state index in [0.717, 1.165) is 44.7 Å². The molecule has 1 amide bonds. The van der Waals surface area contributed by atoms with Crippen molar-refractivity contribution in [3.63, 3.8) is 0 Å². The lowest BCUT2D eigenvalue weighted by Gasteiger charge is -2.27. The van der Waals surface area contributed by atoms with Crippen molar-refractivity contribution in [3.05, 3.63) is 47.2 Å². The largest absolute Gasteiger partial charge is 0.352 e. The van der Waals surface area contributed by atoms with E-state index in [4.69, 9.17) is 4.52 Å². The van der Waals surface area contributed by atoms with Crippen molar-refractivity contribution in [3.8, 4) is 11.3 Å². The summed E-state index contributed by atoms with van der Waals surface area (Å²) in [5.74, 6) is -0.114. The Hall–Kier alpha value is -2.48. The van der Waals surface area contributed by atoms with Gasteiger partial charge in [0.15, 0.2) is 0 Å². The van der Waals surface area contributed by atoms with Crippen LogP contribution in [0.1, 0.15) is 28.0 Å². The van der Waals surface area contributed by atoms with Gasteiger partial charge in [0.2, 0.25) is 0 Å². The molecule has 7 nitrogen and oxygen atoms in total. The molecule has 0 saturated carbocycles. The number of aromatic nitrogens is 2. The summed E-state index contributed by atoms with van der Waals surface area (Å²) in [5, 5.41) is 11.1. The van der Waals surface area contributed by atoms with Crippen molar-refractivity contribution in [2.45, 2.75) is 20.3 Å². The molecule has 160 valence electrons. The summed E-state index contributed by atoms with van der Waals surface area (Å²) >= 11 is 0. The first-order valence-electron chi connectivity index (χ1n) is 10.2. The molecule has 1 saturated heterocycles. The van der Waals surface area contributed by atoms with Gasteiger partial charge in [0.05, 0.1) is 22.3 Å². The van der Waals surface area contributed by atoms with Crippen molar-refractivity contribution in [1.29, 1.82) is 0 Å². The van der Waals surface area contributed by atoms with Crippen LogP contribution in [0.4, 0.5) is 0 Å². The van der Waals surface area contributed by atoms with Crippen LogP contribution in [0.2, 0.25) is 0 Å². The highest BCUT2D eigenvalue weighted by Crippen LogP contribution is 2.27. The maximum Gasteiger partial charge on any atom is 0.259 e. The molecule has 1 aliphatic heterocycles. The molecule has 0 radical (unpaired) electrons. The molecule has 0 atom stereocenters. The molecule has 3 aromatic rings. The van der Waals surface area contributed by atoms with E-state index in [1.54, 1.807) is 0 Å². The lowest BCUT2D eigenvalue weighted by molar-refractivity contribution is 0.0953. The molecule has 2 aromatic heterocycles. The fourth-order valence-corrected chi connectivity index (χ4v) is 3.68. The van der Waals surface area contributed by atoms with Crippen LogP contribution < -0.4 is 10.6 Å². The summed E-state index contributed by atoms with van der Waals surface area (Å²) in [5.41, 5.74) is 4.46. The van der Waals surface area contributed by atoms with Crippen LogP contribution in [0, 0.1) is 13.8 Å². The number of piperazine rings is 1. The number of amides is 1. The number of pyridine rings is 1. The second-order valence-electron chi connectivity index (χ2n) is 7.57. The molecule has 3 heterocycles. The molecule has 0 spiro atoms. The Morgan fingerprint density at radius 2 is 1.93 bits per heavy atom. The van der Waals surface area contributed by atoms with Gasteiger partial charge in [-0.05, 0) is 32.9 Å². The number of halogens is 1. The van der Waals surface area contributed by atoms with Crippen molar-refractivity contribution < 1.29 is 9.32 Å². The first-order chi connectivity index (χ1) is 14.1. The number of nitrogens with zero attached hydrogens (tertiary/aromatic N) is 3. The van der Waals surface area contributed by atoms with E-state index in [0.29, 0.717) is 34.6 Å². The van der Waals surface area contributed by atoms with Gasteiger partial charge in [-0.25, -0.2) is 4.98 Å². The zero-order valence-electron chi connectivity index (χ0n) is 17.4. The predicted octanol–water partition coefficient (Wildman–Crippen LogP) is 2.95. The normalized spacial score (nSPS) is 14.5. The molecule has 30 heavy (non-hydrogen) atoms. The van der Waals surface area contributed by atoms with Gasteiger partial charge in [-0.3, -0.25) is 4.79 Å². The fourth-order valence-electron chi connectivity index (χ4n) is 3.68. The van der Waals surface area contributed by atoms with Crippen molar-refractivity contribution in [2.75, 3.05) is 39.3 Å². The van der Waals surface area contributed by atoms with Crippen LogP contribution in [0.25, 0.3) is 22.4 Å². The zero-order chi connectivity index (χ0) is 20.2. The number of fused-ring (bicyclic) bond motifs is 1. The minimum atomic E-state index is -0.114. The van der Waals surface area contributed by atoms with Gasteiger partial charge in [-0.2, -0.15) is 0 Å². The van der Waals surface area contributed by atoms with Gasteiger partial charge in [-0.1, -0.05) is 35.0 Å². The van der Waals surface area contributed by atoms with E-state index >= 15 is 0 Å². The molecule has 8 heteroatoms. The molecular weight excluding hydrogens is 402 g/mol. The van der Waals surface area contributed by atoms with Crippen molar-refractivity contribution >= 4 is 29.4 Å². The Kier molecular flexibility index (Phi) is 7.42. The highest BCUT2D eigenvalue weighted by Gasteiger charge is 2.19. The molecule has 1 aliphatic rings. The summed E-state index contributed by atoms with van der Waals surface area (Å²) < 4.78 is 5.38. The van der Waals surface area contributed by atoms with Gasteiger partial charge in [0, 0.05) is 38.3 Å². The third-order valence-corrected chi connectivity index (χ3v) is 5.36. The SMILES string of the molecule is Cc1ccc(-c2cc(C(=O)NCCCN3CCNCC3)c3c(C)noc3n2)cc1.Cl. The first-order valence-corrected chi connectivity index (χ1v) is 10.2. The number of hydrogen-bond acceptors (Lipinski definition) is 6. The Morgan fingerprint density at radius 1 is 1.20 bits per heavy atom. The van der Waals surface area contributed by atoms with E-state index in [2.05, 4.69) is 25.7 Å². The summed E-state index contributed by atoms with van der Waals surface area (Å²) in [4.78, 5) is 20.0. The number of hydrogen-bond donors (Lipinski definition) is 2. The predicted molar refractivity (Wildman–Crippen MR) is 120 cm³/mol. The van der Waals surface area contributed by atoms with Gasteiger partial charge in [0.25, 0.3) is 11.6 Å². The summed E-state index contributed by atoms with van der Waals surface area (Å²) in [6.07, 6.45) is 0.924. The summed E-state index contributed by atoms with van der Waals surface area (Å²) in [7, 11) is 0. The molecule has 0 aliphatic carbocycles. The van der Waals surface area contributed by atoms with E-state index in [1.165, 1.54) is 5.56 Å². The smallest absolute Gasteiger partial charge is 0.259 e. The number of nitrogens with one attached hydrogen (secondary N) is 2. The van der Waals surface area contributed by atoms with Crippen LogP contribution in [0.5, 0.6) is 0 Å². The van der Waals surface area contributed by atoms with E-state index < -0.39 is 0 Å². The quantitative estimate of drug-likeness (QED) is 0.586. The minimum Gasteiger partial charge on any atom is -0.352 e. The molecule has 0 bridgehead atoms. The Labute approximate surface area is 182 Å². The third kappa shape index (κ3) is 4.98. The number of carbonyl (C=O) groups excluding carboxylic acids is 1. The van der Waals surface area contributed by atoms with Crippen LogP contribution >= 0.6 is 12.4 Å². The number of aryl methyl sites for hydroxylation is 2. The number of benzene rings is 1. The maximum atomic E-state index is 13.0. The molecule has 1 aromatic carbocycles. The minimum absolute atomic E-state index is 0. The van der Waals surface area contributed by atoms with Crippen LogP contribution in [-0.2, 0) is 0 Å². The van der Waals surface area contributed by atoms with E-state index in [9.17, 15) is 4.79 Å². The van der Waals surface area contributed by atoms with Crippen molar-refractivity contribution in [2.24, 2.45) is 0 Å². The van der Waals surface area contributed by atoms with Gasteiger partial charge in [0.1, 0.15) is 0 Å². The average molecular weight is 430 g/mol. The van der Waals surface area contributed by atoms with Crippen LogP contribution in [0.15, 0.2) is 34.9 Å². The lowest BCUT2D eigenvalue weighted by atomic mass is 10.0. The van der Waals surface area contributed by atoms with Crippen LogP contribution in [0.3, 0.4) is 0 Å². The first kappa shape index (κ1) is 22.2. The topological polar surface area (TPSA) is 83.3 Å². The van der Waals surface area contributed by atoms with Crippen molar-refractivity contribution in [1.82, 2.24) is 25.7 Å². The third-order valence-electron chi connectivity index (χ3n) is 5.36. The van der Waals surface area contributed by atoms with Gasteiger partial charge >= 0.3 is 0 Å². The highest BCUT2D eigenvalue weighted by atomic mass is 35.5. The Balaban J connectivity index is 0.00000256. The second kappa shape index (κ2) is 10.0. The summed E-state index contributed by atoms with van der Waals surface area (Å²) in [6, 6.07) is 9.90. The van der Waals surface area contributed by atoms with Crippen LogP contribution in [-0.4, -0.2) is 60.2 Å². The zero-order valence-corrected chi connectivity index (χ0v) is 18.2. The second-order valence-corrected chi connectivity index (χ2v) is 7.57. The molecule has 4 rings (SSSR count). The van der Waals surface area contributed by atoms with E-state index in [1.807, 2.05) is 44.2 Å². The summed E-state index contributed by atoms with van der Waals surface area (Å²) in [6.45, 7) is 9.72. The number of rotatable bonds is 6. The maximum absolute atomic E-state index is 13.0. The lowest BCUT2D eigenvalue weighted by Crippen LogP contribution is -2.44. The molecule has 2 N–H and O–H groups in total. The molecule has 0 unspecified atom stereocenters. The molecular formula is C22H28ClN5O2. The molecule has 1 fully saturated rings. The standard InChI is InChI=1S/C22H27N5O2.ClH/c1-15-4-6-17(7-5-15)19-14-18(20-16(2)26-29-22(20)25-19)21(28)24-8-3-11-27-12-9-23-10-13-27;/h4-7,14,23H,3,8-13H2,1-2H3,(H,24,28);1H. The number of carbonyl (C=O) groups is 1. The van der Waals surface area contributed by atoms with Gasteiger partial charge < -0.3 is 20.1 Å². The van der Waals surface area contributed by atoms with E-state index in [-0.39, 0.29) is 18.3 Å². The van der Waals surface area contributed by atoms with Gasteiger partial charge in [-0.15, -0.1) is 12.4 Å². The monoisotopic (exact) mass is 429 g/mol. The average Bonchev–Trinajstić information content (AvgIpc) is 3.12. The Morgan fingerprint density at radius 3 is 2.67 bits per heavy atom. The highest BCUT2D eigenvalue weighted by molar-refractivity contribution is 6.07.